The molecule has 0 aliphatic carbocycles. The van der Waals surface area contributed by atoms with E-state index in [0.29, 0.717) is 51.6 Å². The van der Waals surface area contributed by atoms with Crippen LogP contribution in [0.4, 0.5) is 0 Å². The average molecular weight is 1010 g/mol. The number of methoxy groups -OCH3 is 2. The summed E-state index contributed by atoms with van der Waals surface area (Å²) in [5.41, 5.74) is 0.830. The third-order valence-corrected chi connectivity index (χ3v) is 16.4. The predicted octanol–water partition coefficient (Wildman–Crippen LogP) is 7.75. The second-order valence-electron chi connectivity index (χ2n) is 20.8. The van der Waals surface area contributed by atoms with Gasteiger partial charge in [0.05, 0.1) is 47.9 Å². The summed E-state index contributed by atoms with van der Waals surface area (Å²) in [5.74, 6) is -4.38. The van der Waals surface area contributed by atoms with Crippen molar-refractivity contribution in [3.63, 3.8) is 0 Å². The molecule has 2 unspecified atom stereocenters. The van der Waals surface area contributed by atoms with Crippen molar-refractivity contribution in [3.8, 4) is 0 Å². The molecule has 2 saturated heterocycles. The zero-order valence-electron chi connectivity index (χ0n) is 45.1. The molecule has 0 radical (unpaired) electrons. The molecule has 0 bridgehead atoms. The van der Waals surface area contributed by atoms with Gasteiger partial charge >= 0.3 is 5.97 Å². The van der Waals surface area contributed by atoms with E-state index in [2.05, 4.69) is 6.92 Å². The zero-order chi connectivity index (χ0) is 53.1. The van der Waals surface area contributed by atoms with Gasteiger partial charge in [0.25, 0.3) is 0 Å². The van der Waals surface area contributed by atoms with Crippen LogP contribution in [0.15, 0.2) is 30.3 Å². The van der Waals surface area contributed by atoms with Gasteiger partial charge in [0, 0.05) is 78.9 Å². The molecule has 400 valence electrons. The number of nitrogens with zero attached hydrogens (tertiary/aromatic N) is 4. The lowest BCUT2D eigenvalue weighted by molar-refractivity contribution is -0.150. The van der Waals surface area contributed by atoms with E-state index in [1.54, 1.807) is 42.6 Å². The zero-order valence-corrected chi connectivity index (χ0v) is 45.9. The standard InChI is InChI=1S/C55H88N4O11S/c1-13-15-29-71-46-34-49(64)59(54(46)66)27-21-17-20-26-47(62)56(9)50(36(5)6)44(61)32-41(35(3)4)53(65)57(10)51(37(7)14-2)45(69-11)33-48(63)58-28-22-25-42(58)52(70-12)38(8)43(60)31-40(55(67)68)30-39-23-18-16-19-24-39/h16,18-19,23-24,35-38,40-42,45-46,50-52H,13-15,17,20-22,25-34H2,1-12H3,(H,67,68)/t37-,38-,40+,41-,42-,45+,46?,50-,51?,52+/m0/s1. The topological polar surface area (TPSA) is 188 Å². The summed E-state index contributed by atoms with van der Waals surface area (Å²) in [6, 6.07) is 7.50. The predicted molar refractivity (Wildman–Crippen MR) is 277 cm³/mol. The Kier molecular flexibility index (Phi) is 26.0. The summed E-state index contributed by atoms with van der Waals surface area (Å²) >= 11 is 1.55. The summed E-state index contributed by atoms with van der Waals surface area (Å²) in [6.07, 6.45) is 4.80. The number of likely N-dealkylation sites (tertiary alicyclic amines) is 2. The van der Waals surface area contributed by atoms with Crippen LogP contribution in [-0.2, 0) is 54.3 Å². The van der Waals surface area contributed by atoms with Gasteiger partial charge in [-0.05, 0) is 67.6 Å². The van der Waals surface area contributed by atoms with Gasteiger partial charge in [-0.2, -0.15) is 0 Å². The van der Waals surface area contributed by atoms with Crippen LogP contribution in [0.3, 0.4) is 0 Å². The van der Waals surface area contributed by atoms with Gasteiger partial charge in [0.15, 0.2) is 5.78 Å². The van der Waals surface area contributed by atoms with E-state index in [0.717, 1.165) is 24.2 Å². The first kappa shape index (κ1) is 61.2. The molecule has 0 spiro atoms. The first-order valence-corrected chi connectivity index (χ1v) is 27.3. The molecular weight excluding hydrogens is 925 g/mol. The van der Waals surface area contributed by atoms with Crippen LogP contribution < -0.4 is 0 Å². The summed E-state index contributed by atoms with van der Waals surface area (Å²) in [4.78, 5) is 115. The second-order valence-corrected chi connectivity index (χ2v) is 22.1. The van der Waals surface area contributed by atoms with E-state index in [4.69, 9.17) is 9.47 Å². The number of aliphatic carboxylic acids is 1. The Morgan fingerprint density at radius 3 is 2.08 bits per heavy atom. The summed E-state index contributed by atoms with van der Waals surface area (Å²) in [6.45, 7) is 16.2. The Labute approximate surface area is 429 Å². The fourth-order valence-electron chi connectivity index (χ4n) is 10.6. The van der Waals surface area contributed by atoms with Crippen molar-refractivity contribution in [3.05, 3.63) is 35.9 Å². The van der Waals surface area contributed by atoms with Crippen LogP contribution >= 0.6 is 11.8 Å². The highest BCUT2D eigenvalue weighted by Gasteiger charge is 2.44. The number of likely N-dealkylation sites (N-methyl/N-ethyl adjacent to an activating group) is 2. The van der Waals surface area contributed by atoms with E-state index in [1.807, 2.05) is 71.9 Å². The van der Waals surface area contributed by atoms with Crippen molar-refractivity contribution in [2.24, 2.45) is 35.5 Å². The highest BCUT2D eigenvalue weighted by Crippen LogP contribution is 2.33. The molecule has 3 rings (SSSR count). The molecule has 10 atom stereocenters. The molecule has 1 aromatic carbocycles. The number of unbranched alkanes of at least 4 members (excludes halogenated alkanes) is 3. The molecule has 2 aliphatic heterocycles. The van der Waals surface area contributed by atoms with Crippen LogP contribution in [0.2, 0.25) is 0 Å². The second kappa shape index (κ2) is 30.1. The largest absolute Gasteiger partial charge is 0.481 e. The third kappa shape index (κ3) is 17.2. The van der Waals surface area contributed by atoms with Crippen molar-refractivity contribution < 1.29 is 52.9 Å². The Morgan fingerprint density at radius 1 is 0.831 bits per heavy atom. The maximum Gasteiger partial charge on any atom is 0.307 e. The number of ether oxygens (including phenoxy) is 2. The number of rotatable bonds is 33. The van der Waals surface area contributed by atoms with Crippen LogP contribution in [-0.4, -0.2) is 155 Å². The highest BCUT2D eigenvalue weighted by atomic mass is 32.2. The molecule has 2 fully saturated rings. The van der Waals surface area contributed by atoms with Gasteiger partial charge in [0.2, 0.25) is 29.5 Å². The van der Waals surface area contributed by atoms with Gasteiger partial charge in [-0.1, -0.05) is 105 Å². The number of thioether (sulfide) groups is 1. The minimum atomic E-state index is -1.05. The first-order chi connectivity index (χ1) is 33.6. The van der Waals surface area contributed by atoms with Crippen molar-refractivity contribution >= 4 is 58.8 Å². The van der Waals surface area contributed by atoms with Crippen LogP contribution in [0, 0.1) is 35.5 Å². The lowest BCUT2D eigenvalue weighted by atomic mass is 9.83. The summed E-state index contributed by atoms with van der Waals surface area (Å²) in [7, 11) is 6.39. The fourth-order valence-corrected chi connectivity index (χ4v) is 11.9. The molecule has 0 aromatic heterocycles. The number of carbonyl (C=O) groups excluding carboxylic acids is 7. The Morgan fingerprint density at radius 2 is 1.51 bits per heavy atom. The normalized spacial score (nSPS) is 19.6. The highest BCUT2D eigenvalue weighted by molar-refractivity contribution is 8.00. The Hall–Kier alpha value is -4.15. The van der Waals surface area contributed by atoms with Crippen molar-refractivity contribution in [2.45, 2.75) is 181 Å². The molecule has 2 heterocycles. The van der Waals surface area contributed by atoms with E-state index in [9.17, 15) is 43.5 Å². The Bertz CT molecular complexity index is 1910. The molecule has 5 amide bonds. The maximum absolute atomic E-state index is 14.7. The number of benzene rings is 1. The lowest BCUT2D eigenvalue weighted by Crippen LogP contribution is -2.54. The third-order valence-electron chi connectivity index (χ3n) is 15.1. The van der Waals surface area contributed by atoms with Gasteiger partial charge in [-0.15, -0.1) is 11.8 Å². The fraction of sp³-hybridized carbons (Fsp3) is 0.745. The van der Waals surface area contributed by atoms with Gasteiger partial charge in [-0.25, -0.2) is 0 Å². The van der Waals surface area contributed by atoms with Crippen molar-refractivity contribution in [1.82, 2.24) is 19.6 Å². The molecule has 0 saturated carbocycles. The van der Waals surface area contributed by atoms with Gasteiger partial charge in [-0.3, -0.25) is 43.3 Å². The number of carboxylic acid groups (broad SMARTS) is 1. The molecule has 1 aromatic rings. The van der Waals surface area contributed by atoms with Crippen molar-refractivity contribution in [2.75, 3.05) is 47.2 Å². The first-order valence-electron chi connectivity index (χ1n) is 26.3. The SMILES string of the molecule is CCCCSC1CC(=O)N(CCCCCC(=O)N(C)[C@H](C(=O)C[C@H](C(=O)N(C)C([C@@H](C)CC)[C@@H](CC(=O)N2CCC[C@H]2[C@H](OC)[C@@H](C)C(=O)C[C@@H](Cc2ccccc2)C(=O)O)OC)C(C)C)C(C)C)C1=O. The van der Waals surface area contributed by atoms with E-state index in [-0.39, 0.29) is 103 Å². The minimum Gasteiger partial charge on any atom is -0.481 e. The van der Waals surface area contributed by atoms with Crippen LogP contribution in [0.25, 0.3) is 0 Å². The number of hydrogen-bond donors (Lipinski definition) is 1. The molecule has 15 nitrogen and oxygen atoms in total. The van der Waals surface area contributed by atoms with Crippen molar-refractivity contribution in [1.29, 1.82) is 0 Å². The maximum atomic E-state index is 14.7. The average Bonchev–Trinajstić information content (AvgIpc) is 3.92. The number of carbonyl (C=O) groups is 8. The minimum absolute atomic E-state index is 0.0442. The van der Waals surface area contributed by atoms with E-state index < -0.39 is 54.1 Å². The van der Waals surface area contributed by atoms with Crippen LogP contribution in [0.5, 0.6) is 0 Å². The summed E-state index contributed by atoms with van der Waals surface area (Å²) in [5, 5.41) is 9.72. The molecule has 71 heavy (non-hydrogen) atoms. The number of carboxylic acids is 1. The number of hydrogen-bond acceptors (Lipinski definition) is 11. The number of ketones is 2. The number of imide groups is 1. The molecule has 1 N–H and O–H groups in total. The quantitative estimate of drug-likeness (QED) is 0.0534. The smallest absolute Gasteiger partial charge is 0.307 e. The molecule has 2 aliphatic rings. The molecule has 16 heteroatoms. The lowest BCUT2D eigenvalue weighted by Gasteiger charge is -2.41. The van der Waals surface area contributed by atoms with Gasteiger partial charge < -0.3 is 29.3 Å². The number of amides is 5. The van der Waals surface area contributed by atoms with Gasteiger partial charge in [0.1, 0.15) is 5.78 Å². The van der Waals surface area contributed by atoms with E-state index in [1.165, 1.54) is 24.0 Å². The van der Waals surface area contributed by atoms with E-state index >= 15 is 0 Å². The summed E-state index contributed by atoms with van der Waals surface area (Å²) < 4.78 is 12.0. The monoisotopic (exact) mass is 1010 g/mol. The Balaban J connectivity index is 1.68. The molecular formula is C55H88N4O11S. The number of Topliss-reactive ketones (excluding diaryl/α,β-unsaturated/α-hetero) is 2. The van der Waals surface area contributed by atoms with Crippen LogP contribution in [0.1, 0.15) is 144 Å².